The first-order valence-corrected chi connectivity index (χ1v) is 9.44. The predicted octanol–water partition coefficient (Wildman–Crippen LogP) is 5.11. The van der Waals surface area contributed by atoms with Crippen molar-refractivity contribution >= 4 is 23.1 Å². The van der Waals surface area contributed by atoms with Crippen LogP contribution in [-0.2, 0) is 12.2 Å². The zero-order valence-corrected chi connectivity index (χ0v) is 13.7. The average Bonchev–Trinajstić information content (AvgIpc) is 3.24. The quantitative estimate of drug-likeness (QED) is 0.667. The minimum atomic E-state index is 0.543. The highest BCUT2D eigenvalue weighted by molar-refractivity contribution is 7.98. The Morgan fingerprint density at radius 2 is 2.23 bits per heavy atom. The Morgan fingerprint density at radius 1 is 1.27 bits per heavy atom. The van der Waals surface area contributed by atoms with Crippen molar-refractivity contribution in [2.24, 2.45) is 0 Å². The van der Waals surface area contributed by atoms with E-state index in [1.807, 2.05) is 28.6 Å². The smallest absolute Gasteiger partial charge is 0.236 e. The molecule has 22 heavy (non-hydrogen) atoms. The second-order valence-corrected chi connectivity index (χ2v) is 7.39. The SMILES string of the molecule is c1ccc2c(c1)CCC[C@@H]2SCc1nc(-c2ccsc2)no1. The molecule has 4 rings (SSSR count). The fraction of sp³-hybridized carbons (Fsp3) is 0.294. The lowest BCUT2D eigenvalue weighted by atomic mass is 9.91. The van der Waals surface area contributed by atoms with Crippen LogP contribution in [0.2, 0.25) is 0 Å². The van der Waals surface area contributed by atoms with Gasteiger partial charge in [0, 0.05) is 16.2 Å². The molecule has 5 heteroatoms. The second-order valence-electron chi connectivity index (χ2n) is 5.41. The number of aryl methyl sites for hydroxylation is 1. The molecule has 1 aliphatic rings. The Balaban J connectivity index is 1.45. The Kier molecular flexibility index (Phi) is 3.99. The van der Waals surface area contributed by atoms with Gasteiger partial charge in [0.05, 0.1) is 5.75 Å². The van der Waals surface area contributed by atoms with E-state index in [4.69, 9.17) is 4.52 Å². The van der Waals surface area contributed by atoms with Crippen LogP contribution < -0.4 is 0 Å². The molecule has 0 fully saturated rings. The van der Waals surface area contributed by atoms with Crippen LogP contribution in [0.4, 0.5) is 0 Å². The summed E-state index contributed by atoms with van der Waals surface area (Å²) in [6, 6.07) is 10.8. The summed E-state index contributed by atoms with van der Waals surface area (Å²) in [5.74, 6) is 2.19. The molecular weight excluding hydrogens is 312 g/mol. The van der Waals surface area contributed by atoms with Crippen LogP contribution in [-0.4, -0.2) is 10.1 Å². The largest absolute Gasteiger partial charge is 0.338 e. The molecule has 0 bridgehead atoms. The molecule has 1 atom stereocenters. The number of hydrogen-bond donors (Lipinski definition) is 0. The Labute approximate surface area is 137 Å². The van der Waals surface area contributed by atoms with Crippen molar-refractivity contribution in [3.05, 3.63) is 58.1 Å². The maximum absolute atomic E-state index is 5.39. The van der Waals surface area contributed by atoms with Crippen molar-refractivity contribution in [2.75, 3.05) is 0 Å². The monoisotopic (exact) mass is 328 g/mol. The van der Waals surface area contributed by atoms with Crippen LogP contribution in [0.1, 0.15) is 35.1 Å². The molecule has 0 saturated carbocycles. The summed E-state index contributed by atoms with van der Waals surface area (Å²) in [7, 11) is 0. The number of nitrogens with zero attached hydrogens (tertiary/aromatic N) is 2. The Morgan fingerprint density at radius 3 is 3.14 bits per heavy atom. The number of hydrogen-bond acceptors (Lipinski definition) is 5. The van der Waals surface area contributed by atoms with E-state index in [2.05, 4.69) is 34.4 Å². The van der Waals surface area contributed by atoms with Gasteiger partial charge in [-0.3, -0.25) is 0 Å². The highest BCUT2D eigenvalue weighted by atomic mass is 32.2. The molecule has 1 aromatic carbocycles. The van der Waals surface area contributed by atoms with Crippen LogP contribution >= 0.6 is 23.1 Å². The third-order valence-electron chi connectivity index (χ3n) is 3.97. The molecule has 0 radical (unpaired) electrons. The summed E-state index contributed by atoms with van der Waals surface area (Å²) in [6.07, 6.45) is 3.70. The van der Waals surface area contributed by atoms with E-state index >= 15 is 0 Å². The highest BCUT2D eigenvalue weighted by Crippen LogP contribution is 2.40. The van der Waals surface area contributed by atoms with Crippen molar-refractivity contribution in [3.63, 3.8) is 0 Å². The normalized spacial score (nSPS) is 17.4. The zero-order valence-electron chi connectivity index (χ0n) is 12.1. The standard InChI is InChI=1S/C17H16N2OS2/c1-2-6-14-12(4-1)5-3-7-15(14)22-11-16-18-17(19-20-16)13-8-9-21-10-13/h1-2,4,6,8-10,15H,3,5,7,11H2/t15-/m0/s1. The van der Waals surface area contributed by atoms with Gasteiger partial charge in [-0.05, 0) is 41.8 Å². The van der Waals surface area contributed by atoms with E-state index in [0.29, 0.717) is 17.0 Å². The van der Waals surface area contributed by atoms with E-state index in [1.165, 1.54) is 30.4 Å². The molecule has 0 saturated heterocycles. The Hall–Kier alpha value is -1.59. The average molecular weight is 328 g/mol. The number of rotatable bonds is 4. The number of aromatic nitrogens is 2. The van der Waals surface area contributed by atoms with Gasteiger partial charge in [-0.25, -0.2) is 0 Å². The minimum absolute atomic E-state index is 0.543. The van der Waals surface area contributed by atoms with Crippen LogP contribution in [0.3, 0.4) is 0 Å². The minimum Gasteiger partial charge on any atom is -0.338 e. The summed E-state index contributed by atoms with van der Waals surface area (Å²) in [4.78, 5) is 4.50. The molecule has 112 valence electrons. The van der Waals surface area contributed by atoms with Crippen LogP contribution in [0.15, 0.2) is 45.6 Å². The summed E-state index contributed by atoms with van der Waals surface area (Å²) < 4.78 is 5.39. The van der Waals surface area contributed by atoms with Gasteiger partial charge in [-0.1, -0.05) is 29.4 Å². The first-order chi connectivity index (χ1) is 10.9. The van der Waals surface area contributed by atoms with E-state index in [9.17, 15) is 0 Å². The number of fused-ring (bicyclic) bond motifs is 1. The van der Waals surface area contributed by atoms with Crippen LogP contribution in [0, 0.1) is 0 Å². The summed E-state index contributed by atoms with van der Waals surface area (Å²) in [6.45, 7) is 0. The molecular formula is C17H16N2OS2. The van der Waals surface area contributed by atoms with E-state index in [1.54, 1.807) is 11.3 Å². The molecule has 3 aromatic rings. The molecule has 0 N–H and O–H groups in total. The predicted molar refractivity (Wildman–Crippen MR) is 91.0 cm³/mol. The third kappa shape index (κ3) is 2.83. The lowest BCUT2D eigenvalue weighted by Gasteiger charge is -2.24. The summed E-state index contributed by atoms with van der Waals surface area (Å²) in [5.41, 5.74) is 4.01. The Bertz CT molecular complexity index is 752. The fourth-order valence-electron chi connectivity index (χ4n) is 2.88. The van der Waals surface area contributed by atoms with Gasteiger partial charge in [0.1, 0.15) is 0 Å². The molecule has 2 heterocycles. The van der Waals surface area contributed by atoms with Crippen LogP contribution in [0.25, 0.3) is 11.4 Å². The van der Waals surface area contributed by atoms with Crippen molar-refractivity contribution in [3.8, 4) is 11.4 Å². The lowest BCUT2D eigenvalue weighted by molar-refractivity contribution is 0.391. The van der Waals surface area contributed by atoms with Crippen molar-refractivity contribution < 1.29 is 4.52 Å². The number of thioether (sulfide) groups is 1. The maximum Gasteiger partial charge on any atom is 0.236 e. The molecule has 0 amide bonds. The van der Waals surface area contributed by atoms with Gasteiger partial charge in [-0.2, -0.15) is 16.3 Å². The van der Waals surface area contributed by atoms with E-state index in [-0.39, 0.29) is 0 Å². The van der Waals surface area contributed by atoms with Crippen LogP contribution in [0.5, 0.6) is 0 Å². The van der Waals surface area contributed by atoms with Gasteiger partial charge in [0.25, 0.3) is 0 Å². The van der Waals surface area contributed by atoms with Crippen molar-refractivity contribution in [2.45, 2.75) is 30.3 Å². The summed E-state index contributed by atoms with van der Waals surface area (Å²) >= 11 is 3.56. The molecule has 1 aliphatic carbocycles. The van der Waals surface area contributed by atoms with Gasteiger partial charge in [0.15, 0.2) is 0 Å². The highest BCUT2D eigenvalue weighted by Gasteiger charge is 2.21. The second kappa shape index (κ2) is 6.26. The van der Waals surface area contributed by atoms with E-state index in [0.717, 1.165) is 11.3 Å². The first kappa shape index (κ1) is 14.0. The summed E-state index contributed by atoms with van der Waals surface area (Å²) in [5, 5.41) is 8.68. The van der Waals surface area contributed by atoms with Gasteiger partial charge in [0.2, 0.25) is 11.7 Å². The van der Waals surface area contributed by atoms with Crippen molar-refractivity contribution in [1.82, 2.24) is 10.1 Å². The topological polar surface area (TPSA) is 38.9 Å². The molecule has 3 nitrogen and oxygen atoms in total. The molecule has 0 spiro atoms. The lowest BCUT2D eigenvalue weighted by Crippen LogP contribution is -2.07. The molecule has 2 aromatic heterocycles. The van der Waals surface area contributed by atoms with E-state index < -0.39 is 0 Å². The fourth-order valence-corrected chi connectivity index (χ4v) is 4.72. The first-order valence-electron chi connectivity index (χ1n) is 7.45. The molecule has 0 unspecified atom stereocenters. The van der Waals surface area contributed by atoms with Gasteiger partial charge >= 0.3 is 0 Å². The maximum atomic E-state index is 5.39. The zero-order chi connectivity index (χ0) is 14.8. The third-order valence-corrected chi connectivity index (χ3v) is 5.96. The number of thiophene rings is 1. The molecule has 0 aliphatic heterocycles. The van der Waals surface area contributed by atoms with Crippen molar-refractivity contribution in [1.29, 1.82) is 0 Å². The van der Waals surface area contributed by atoms with Gasteiger partial charge < -0.3 is 4.52 Å². The number of benzene rings is 1. The van der Waals surface area contributed by atoms with Gasteiger partial charge in [-0.15, -0.1) is 11.8 Å².